The molecule has 4 aromatic rings. The van der Waals surface area contributed by atoms with Crippen LogP contribution in [-0.4, -0.2) is 159 Å². The number of aryl methyl sites for hydroxylation is 1. The molecule has 8 rings (SSSR count). The number of phenolic OH excluding ortho intramolecular Hbond substituents is 1. The highest BCUT2D eigenvalue weighted by molar-refractivity contribution is 6.06. The maximum absolute atomic E-state index is 14.7. The molecule has 0 spiro atoms. The zero-order valence-corrected chi connectivity index (χ0v) is 50.5. The molecule has 6 atom stereocenters. The number of anilines is 1. The monoisotopic (exact) mass is 1170 g/mol. The number of fused-ring (bicyclic) bond motifs is 4. The maximum atomic E-state index is 14.7. The second kappa shape index (κ2) is 31.9. The van der Waals surface area contributed by atoms with Crippen LogP contribution in [0.25, 0.3) is 0 Å². The number of nitrogens with zero attached hydrogens (tertiary/aromatic N) is 4. The lowest BCUT2D eigenvalue weighted by molar-refractivity contribution is -0.147. The molecule has 0 unspecified atom stereocenters. The van der Waals surface area contributed by atoms with Gasteiger partial charge in [-0.25, -0.2) is 4.98 Å². The molecule has 4 amide bonds. The number of allylic oxidation sites excluding steroid dienone is 1. The molecule has 4 heterocycles. The first kappa shape index (κ1) is 63.9. The number of likely N-dealkylation sites (N-methyl/N-ethyl adjacent to an activating group) is 1. The summed E-state index contributed by atoms with van der Waals surface area (Å²) in [7, 11) is 1.70. The van der Waals surface area contributed by atoms with Crippen molar-refractivity contribution in [3.63, 3.8) is 0 Å². The van der Waals surface area contributed by atoms with Crippen molar-refractivity contribution in [3.05, 3.63) is 125 Å². The van der Waals surface area contributed by atoms with Gasteiger partial charge in [-0.2, -0.15) is 0 Å². The molecule has 2 fully saturated rings. The highest BCUT2D eigenvalue weighted by Gasteiger charge is 2.44. The van der Waals surface area contributed by atoms with E-state index in [0.717, 1.165) is 106 Å². The molecule has 1 aliphatic carbocycles. The summed E-state index contributed by atoms with van der Waals surface area (Å²) in [6.45, 7) is 13.0. The van der Waals surface area contributed by atoms with Crippen LogP contribution >= 0.6 is 0 Å². The number of benzene rings is 3. The number of hydrogen-bond donors (Lipinski definition) is 5. The van der Waals surface area contributed by atoms with Crippen molar-refractivity contribution in [2.24, 2.45) is 5.41 Å². The fraction of sp³-hybridized carbons (Fsp3) is 0.545. The van der Waals surface area contributed by atoms with Gasteiger partial charge in [-0.05, 0) is 110 Å². The summed E-state index contributed by atoms with van der Waals surface area (Å²) < 4.78 is 29.3. The van der Waals surface area contributed by atoms with Crippen LogP contribution in [-0.2, 0) is 52.8 Å². The number of aromatic hydroxyl groups is 1. The van der Waals surface area contributed by atoms with Crippen LogP contribution in [0.15, 0.2) is 97.3 Å². The Balaban J connectivity index is 0.634. The normalized spacial score (nSPS) is 18.8. The van der Waals surface area contributed by atoms with Crippen molar-refractivity contribution in [1.29, 1.82) is 0 Å². The molecule has 3 aliphatic heterocycles. The minimum absolute atomic E-state index is 0.00846. The van der Waals surface area contributed by atoms with Crippen molar-refractivity contribution >= 4 is 35.2 Å². The highest BCUT2D eigenvalue weighted by atomic mass is 16.6. The van der Waals surface area contributed by atoms with E-state index in [4.69, 9.17) is 23.7 Å². The fourth-order valence-corrected chi connectivity index (χ4v) is 11.6. The summed E-state index contributed by atoms with van der Waals surface area (Å²) in [5, 5.41) is 22.2. The number of aromatic nitrogens is 1. The van der Waals surface area contributed by atoms with Crippen LogP contribution in [0.4, 0.5) is 5.82 Å². The molecule has 1 aromatic heterocycles. The van der Waals surface area contributed by atoms with Gasteiger partial charge in [0.1, 0.15) is 41.8 Å². The Hall–Kier alpha value is -7.06. The highest BCUT2D eigenvalue weighted by Crippen LogP contribution is 2.36. The second-order valence-corrected chi connectivity index (χ2v) is 23.8. The number of unbranched alkanes of at least 4 members (excludes halogenated alkanes) is 5. The zero-order chi connectivity index (χ0) is 60.1. The molecule has 19 heteroatoms. The molecular weight excluding hydrogens is 1080 g/mol. The van der Waals surface area contributed by atoms with Gasteiger partial charge in [0.05, 0.1) is 63.9 Å². The van der Waals surface area contributed by atoms with Crippen molar-refractivity contribution < 1.29 is 52.8 Å². The van der Waals surface area contributed by atoms with Gasteiger partial charge in [0, 0.05) is 75.6 Å². The summed E-state index contributed by atoms with van der Waals surface area (Å²) in [6, 6.07) is 22.8. The molecule has 2 saturated heterocycles. The first-order chi connectivity index (χ1) is 41.2. The van der Waals surface area contributed by atoms with Crippen LogP contribution < -0.4 is 35.6 Å². The average Bonchev–Trinajstić information content (AvgIpc) is 2.39. The maximum Gasteiger partial charge on any atom is 0.246 e. The van der Waals surface area contributed by atoms with Gasteiger partial charge in [0.25, 0.3) is 0 Å². The number of carbonyl (C=O) groups is 5. The molecule has 2 bridgehead atoms. The summed E-state index contributed by atoms with van der Waals surface area (Å²) in [5.41, 5.74) is 3.86. The van der Waals surface area contributed by atoms with Gasteiger partial charge in [0.2, 0.25) is 23.6 Å². The smallest absolute Gasteiger partial charge is 0.246 e. The number of pyridine rings is 1. The third-order valence-corrected chi connectivity index (χ3v) is 16.6. The van der Waals surface area contributed by atoms with E-state index in [9.17, 15) is 29.1 Å². The number of ketones is 1. The van der Waals surface area contributed by atoms with E-state index in [1.165, 1.54) is 11.6 Å². The molecule has 19 nitrogen and oxygen atoms in total. The zero-order valence-electron chi connectivity index (χ0n) is 50.5. The van der Waals surface area contributed by atoms with Crippen molar-refractivity contribution in [1.82, 2.24) is 36.1 Å². The van der Waals surface area contributed by atoms with Gasteiger partial charge in [-0.15, -0.1) is 0 Å². The molecule has 0 saturated carbocycles. The molecule has 5 N–H and O–H groups in total. The van der Waals surface area contributed by atoms with Crippen molar-refractivity contribution in [2.45, 2.75) is 148 Å². The van der Waals surface area contributed by atoms with Crippen LogP contribution in [0.2, 0.25) is 0 Å². The standard InChI is InChI=1S/C66H90N8O11/c1-46(67-5)63(78)71-62(66(2,3)4)65(80)74-43-49-39-52(25-24-48(49)40-57(74)64(79)70-56-21-16-18-47-17-11-12-19-54(47)56)85-38-37-83-36-35-82-34-33-81-32-29-69-61(77)23-10-8-6-7-9-15-31-84-53-26-28-68-60(42-53)73-45-50-41-51(73)44-72(50)30-27-59(76)55-20-13-14-22-58(55)75/h11-14,17,19-20,22,24-28,30,39,42,46,50-51,56-57,62,67,75H,6-10,15-16,18,21,23,29,31-38,40-41,43-45H2,1-5H3,(H,69,77)(H,70,79)(H,71,78)/b30-27+/t46-,50+,51+,56+,57-,62+/m0/s1. The first-order valence-electron chi connectivity index (χ1n) is 30.7. The molecule has 460 valence electrons. The largest absolute Gasteiger partial charge is 0.507 e. The number of rotatable bonds is 33. The minimum atomic E-state index is -0.877. The molecule has 0 radical (unpaired) electrons. The number of amides is 4. The van der Waals surface area contributed by atoms with Gasteiger partial charge in [-0.3, -0.25) is 24.0 Å². The number of piperazine rings is 1. The van der Waals surface area contributed by atoms with E-state index >= 15 is 0 Å². The lowest BCUT2D eigenvalue weighted by Crippen LogP contribution is -2.62. The molecule has 85 heavy (non-hydrogen) atoms. The number of hydrogen-bond acceptors (Lipinski definition) is 15. The quantitative estimate of drug-likeness (QED) is 0.0178. The Morgan fingerprint density at radius 3 is 2.22 bits per heavy atom. The predicted octanol–water partition coefficient (Wildman–Crippen LogP) is 7.39. The van der Waals surface area contributed by atoms with E-state index in [-0.39, 0.29) is 47.7 Å². The predicted molar refractivity (Wildman–Crippen MR) is 325 cm³/mol. The topological polar surface area (TPSA) is 222 Å². The van der Waals surface area contributed by atoms with Gasteiger partial charge in [0.15, 0.2) is 5.78 Å². The molecular formula is C66H90N8O11. The average molecular weight is 1170 g/mol. The third-order valence-electron chi connectivity index (χ3n) is 16.6. The first-order valence-corrected chi connectivity index (χ1v) is 30.7. The van der Waals surface area contributed by atoms with E-state index in [1.807, 2.05) is 69.4 Å². The summed E-state index contributed by atoms with van der Waals surface area (Å²) in [5.74, 6) is 1.36. The number of likely N-dealkylation sites (tertiary alicyclic amines) is 1. The van der Waals surface area contributed by atoms with E-state index in [1.54, 1.807) is 49.3 Å². The summed E-state index contributed by atoms with van der Waals surface area (Å²) in [4.78, 5) is 78.0. The lowest BCUT2D eigenvalue weighted by Gasteiger charge is -2.41. The van der Waals surface area contributed by atoms with Crippen LogP contribution in [0, 0.1) is 5.41 Å². The van der Waals surface area contributed by atoms with E-state index < -0.39 is 23.5 Å². The third kappa shape index (κ3) is 18.5. The van der Waals surface area contributed by atoms with Crippen LogP contribution in [0.3, 0.4) is 0 Å². The number of ether oxygens (including phenoxy) is 5. The van der Waals surface area contributed by atoms with Crippen molar-refractivity contribution in [2.75, 3.05) is 84.4 Å². The Morgan fingerprint density at radius 2 is 1.47 bits per heavy atom. The number of carbonyl (C=O) groups excluding carboxylic acids is 5. The summed E-state index contributed by atoms with van der Waals surface area (Å²) in [6.07, 6.45) is 15.8. The molecule has 4 aliphatic rings. The lowest BCUT2D eigenvalue weighted by atomic mass is 9.83. The molecule has 3 aromatic carbocycles. The van der Waals surface area contributed by atoms with Gasteiger partial charge in [-0.1, -0.05) is 88.9 Å². The van der Waals surface area contributed by atoms with Gasteiger partial charge >= 0.3 is 0 Å². The van der Waals surface area contributed by atoms with Crippen LogP contribution in [0.5, 0.6) is 17.2 Å². The number of para-hydroxylation sites is 1. The minimum Gasteiger partial charge on any atom is -0.507 e. The van der Waals surface area contributed by atoms with E-state index in [2.05, 4.69) is 48.2 Å². The Kier molecular flexibility index (Phi) is 24.0. The second-order valence-electron chi connectivity index (χ2n) is 23.8. The van der Waals surface area contributed by atoms with E-state index in [0.29, 0.717) is 95.6 Å². The Bertz CT molecular complexity index is 2880. The summed E-state index contributed by atoms with van der Waals surface area (Å²) >= 11 is 0. The van der Waals surface area contributed by atoms with Crippen LogP contribution in [0.1, 0.15) is 131 Å². The Labute approximate surface area is 501 Å². The van der Waals surface area contributed by atoms with Crippen molar-refractivity contribution in [3.8, 4) is 17.2 Å². The fourth-order valence-electron chi connectivity index (χ4n) is 11.6. The van der Waals surface area contributed by atoms with Gasteiger partial charge < -0.3 is 64.8 Å². The number of nitrogens with one attached hydrogen (secondary N) is 4. The number of phenols is 1. The Morgan fingerprint density at radius 1 is 0.765 bits per heavy atom. The SMILES string of the molecule is CN[C@@H](C)C(=O)N[C@H](C(=O)N1Cc2cc(OCCOCCOCCOCCNC(=O)CCCCCCCCOc3ccnc(N4C[C@H]5C[C@@H]4CN5/C=C/C(=O)c4ccccc4O)c3)ccc2C[C@H]1C(=O)N[C@@H]1CCCc2ccccc21)C(C)(C)C.